The Hall–Kier alpha value is -1.62. The van der Waals surface area contributed by atoms with Crippen molar-refractivity contribution in [1.29, 1.82) is 0 Å². The monoisotopic (exact) mass is 251 g/mol. The maximum atomic E-state index is 11.1. The molecule has 5 heteroatoms. The number of furan rings is 1. The van der Waals surface area contributed by atoms with Gasteiger partial charge in [-0.3, -0.25) is 4.79 Å². The molecule has 0 aliphatic heterocycles. The molecule has 17 heavy (non-hydrogen) atoms. The van der Waals surface area contributed by atoms with Crippen molar-refractivity contribution < 1.29 is 13.9 Å². The highest BCUT2D eigenvalue weighted by atomic mass is 32.1. The van der Waals surface area contributed by atoms with Crippen LogP contribution in [0.15, 0.2) is 21.9 Å². The Morgan fingerprint density at radius 2 is 2.35 bits per heavy atom. The fraction of sp³-hybridized carbons (Fsp3) is 0.333. The van der Waals surface area contributed by atoms with Gasteiger partial charge in [-0.1, -0.05) is 6.92 Å². The zero-order valence-electron chi connectivity index (χ0n) is 9.73. The van der Waals surface area contributed by atoms with Gasteiger partial charge in [-0.2, -0.15) is 0 Å². The third kappa shape index (κ3) is 2.74. The lowest BCUT2D eigenvalue weighted by molar-refractivity contribution is -0.139. The first-order valence-corrected chi connectivity index (χ1v) is 6.21. The van der Waals surface area contributed by atoms with Crippen LogP contribution in [-0.2, 0) is 22.4 Å². The van der Waals surface area contributed by atoms with E-state index in [-0.39, 0.29) is 12.4 Å². The molecule has 0 spiro atoms. The molecule has 0 N–H and O–H groups in total. The lowest BCUT2D eigenvalue weighted by atomic mass is 10.3. The van der Waals surface area contributed by atoms with Gasteiger partial charge >= 0.3 is 5.97 Å². The van der Waals surface area contributed by atoms with Crippen LogP contribution >= 0.6 is 11.3 Å². The van der Waals surface area contributed by atoms with E-state index >= 15 is 0 Å². The first kappa shape index (κ1) is 11.9. The predicted octanol–water partition coefficient (Wildman–Crippen LogP) is 2.68. The average Bonchev–Trinajstić information content (AvgIpc) is 2.96. The first-order chi connectivity index (χ1) is 8.22. The molecule has 0 radical (unpaired) electrons. The average molecular weight is 251 g/mol. The van der Waals surface area contributed by atoms with Gasteiger partial charge in [0.15, 0.2) is 10.8 Å². The van der Waals surface area contributed by atoms with Crippen molar-refractivity contribution in [3.63, 3.8) is 0 Å². The van der Waals surface area contributed by atoms with Gasteiger partial charge in [-0.25, -0.2) is 4.98 Å². The Morgan fingerprint density at radius 3 is 3.00 bits per heavy atom. The molecule has 2 aromatic heterocycles. The summed E-state index contributed by atoms with van der Waals surface area (Å²) >= 11 is 1.47. The van der Waals surface area contributed by atoms with E-state index in [4.69, 9.17) is 4.42 Å². The van der Waals surface area contributed by atoms with Crippen molar-refractivity contribution >= 4 is 17.3 Å². The van der Waals surface area contributed by atoms with E-state index in [1.54, 1.807) is 0 Å². The number of carbonyl (C=O) groups excluding carboxylic acids is 1. The lowest BCUT2D eigenvalue weighted by Crippen LogP contribution is -2.04. The second-order valence-corrected chi connectivity index (χ2v) is 4.37. The van der Waals surface area contributed by atoms with Crippen LogP contribution in [-0.4, -0.2) is 18.1 Å². The standard InChI is InChI=1S/C12H13NO3S/c1-3-9-4-5-10(16-9)12-13-8(7-17-12)6-11(14)15-2/h4-5,7H,3,6H2,1-2H3. The molecule has 2 rings (SSSR count). The van der Waals surface area contributed by atoms with Crippen molar-refractivity contribution in [2.45, 2.75) is 19.8 Å². The Labute approximate surface area is 103 Å². The van der Waals surface area contributed by atoms with Crippen molar-refractivity contribution in [2.24, 2.45) is 0 Å². The van der Waals surface area contributed by atoms with Crippen LogP contribution in [0, 0.1) is 0 Å². The minimum absolute atomic E-state index is 0.203. The number of nitrogens with zero attached hydrogens (tertiary/aromatic N) is 1. The minimum atomic E-state index is -0.282. The third-order valence-corrected chi connectivity index (χ3v) is 3.23. The number of esters is 1. The summed E-state index contributed by atoms with van der Waals surface area (Å²) in [4.78, 5) is 15.4. The van der Waals surface area contributed by atoms with Crippen molar-refractivity contribution in [3.8, 4) is 10.8 Å². The Kier molecular flexibility index (Phi) is 3.58. The summed E-state index contributed by atoms with van der Waals surface area (Å²) in [6.07, 6.45) is 1.06. The highest BCUT2D eigenvalue weighted by Crippen LogP contribution is 2.26. The van der Waals surface area contributed by atoms with Gasteiger partial charge in [0.2, 0.25) is 0 Å². The largest absolute Gasteiger partial charge is 0.469 e. The van der Waals surface area contributed by atoms with Crippen LogP contribution < -0.4 is 0 Å². The van der Waals surface area contributed by atoms with Crippen LogP contribution in [0.3, 0.4) is 0 Å². The molecule has 0 saturated carbocycles. The number of hydrogen-bond acceptors (Lipinski definition) is 5. The molecule has 0 atom stereocenters. The number of hydrogen-bond donors (Lipinski definition) is 0. The van der Waals surface area contributed by atoms with Gasteiger partial charge in [0.05, 0.1) is 19.2 Å². The van der Waals surface area contributed by atoms with Crippen LogP contribution in [0.5, 0.6) is 0 Å². The third-order valence-electron chi connectivity index (χ3n) is 2.33. The normalized spacial score (nSPS) is 10.5. The van der Waals surface area contributed by atoms with Crippen LogP contribution in [0.4, 0.5) is 0 Å². The van der Waals surface area contributed by atoms with E-state index in [9.17, 15) is 4.79 Å². The van der Waals surface area contributed by atoms with Gasteiger partial charge in [0, 0.05) is 11.8 Å². The van der Waals surface area contributed by atoms with E-state index in [2.05, 4.69) is 9.72 Å². The van der Waals surface area contributed by atoms with Crippen LogP contribution in [0.1, 0.15) is 18.4 Å². The van der Waals surface area contributed by atoms with Gasteiger partial charge in [-0.05, 0) is 12.1 Å². The molecule has 90 valence electrons. The van der Waals surface area contributed by atoms with Gasteiger partial charge in [0.25, 0.3) is 0 Å². The van der Waals surface area contributed by atoms with Crippen LogP contribution in [0.25, 0.3) is 10.8 Å². The summed E-state index contributed by atoms with van der Waals surface area (Å²) < 4.78 is 10.2. The van der Waals surface area contributed by atoms with Crippen LogP contribution in [0.2, 0.25) is 0 Å². The topological polar surface area (TPSA) is 52.3 Å². The molecule has 4 nitrogen and oxygen atoms in total. The smallest absolute Gasteiger partial charge is 0.311 e. The maximum Gasteiger partial charge on any atom is 0.311 e. The van der Waals surface area contributed by atoms with Gasteiger partial charge in [-0.15, -0.1) is 11.3 Å². The second-order valence-electron chi connectivity index (χ2n) is 3.52. The fourth-order valence-corrected chi connectivity index (χ4v) is 2.18. The Morgan fingerprint density at radius 1 is 1.53 bits per heavy atom. The summed E-state index contributed by atoms with van der Waals surface area (Å²) in [7, 11) is 1.37. The summed E-state index contributed by atoms with van der Waals surface area (Å²) in [6, 6.07) is 3.84. The number of aryl methyl sites for hydroxylation is 1. The summed E-state index contributed by atoms with van der Waals surface area (Å²) in [5.74, 6) is 1.41. The number of carbonyl (C=O) groups is 1. The number of rotatable bonds is 4. The van der Waals surface area contributed by atoms with Crippen molar-refractivity contribution in [2.75, 3.05) is 7.11 Å². The van der Waals surface area contributed by atoms with Crippen molar-refractivity contribution in [1.82, 2.24) is 4.98 Å². The summed E-state index contributed by atoms with van der Waals surface area (Å²) in [5.41, 5.74) is 0.714. The molecule has 0 unspecified atom stereocenters. The quantitative estimate of drug-likeness (QED) is 0.784. The molecule has 0 aliphatic rings. The van der Waals surface area contributed by atoms with Gasteiger partial charge in [0.1, 0.15) is 5.76 Å². The lowest BCUT2D eigenvalue weighted by Gasteiger charge is -1.94. The molecule has 2 aromatic rings. The SMILES string of the molecule is CCc1ccc(-c2nc(CC(=O)OC)cs2)o1. The molecule has 0 aromatic carbocycles. The fourth-order valence-electron chi connectivity index (χ4n) is 1.40. The Bertz CT molecular complexity index is 515. The summed E-state index contributed by atoms with van der Waals surface area (Å²) in [6.45, 7) is 2.03. The van der Waals surface area contributed by atoms with E-state index in [0.29, 0.717) is 5.69 Å². The second kappa shape index (κ2) is 5.14. The molecule has 0 amide bonds. The number of methoxy groups -OCH3 is 1. The molecule has 0 aliphatic carbocycles. The Balaban J connectivity index is 2.14. The number of thiazole rings is 1. The molecule has 0 fully saturated rings. The highest BCUT2D eigenvalue weighted by molar-refractivity contribution is 7.13. The molecular weight excluding hydrogens is 238 g/mol. The zero-order chi connectivity index (χ0) is 12.3. The van der Waals surface area contributed by atoms with E-state index in [0.717, 1.165) is 22.9 Å². The van der Waals surface area contributed by atoms with E-state index in [1.807, 2.05) is 24.4 Å². The minimum Gasteiger partial charge on any atom is -0.469 e. The van der Waals surface area contributed by atoms with E-state index < -0.39 is 0 Å². The number of aromatic nitrogens is 1. The summed E-state index contributed by atoms with van der Waals surface area (Å²) in [5, 5.41) is 2.64. The number of ether oxygens (including phenoxy) is 1. The highest BCUT2D eigenvalue weighted by Gasteiger charge is 2.11. The van der Waals surface area contributed by atoms with E-state index in [1.165, 1.54) is 18.4 Å². The first-order valence-electron chi connectivity index (χ1n) is 5.33. The van der Waals surface area contributed by atoms with Crippen molar-refractivity contribution in [3.05, 3.63) is 29.0 Å². The maximum absolute atomic E-state index is 11.1. The molecule has 0 bridgehead atoms. The molecule has 0 saturated heterocycles. The van der Waals surface area contributed by atoms with Gasteiger partial charge < -0.3 is 9.15 Å². The molecule has 2 heterocycles. The predicted molar refractivity (Wildman–Crippen MR) is 64.9 cm³/mol. The zero-order valence-corrected chi connectivity index (χ0v) is 10.5. The molecular formula is C12H13NO3S.